The van der Waals surface area contributed by atoms with Crippen LogP contribution in [0.2, 0.25) is 0 Å². The molecule has 18 heavy (non-hydrogen) atoms. The second-order valence-corrected chi connectivity index (χ2v) is 4.49. The van der Waals surface area contributed by atoms with Crippen LogP contribution in [0, 0.1) is 0 Å². The number of rotatable bonds is 4. The summed E-state index contributed by atoms with van der Waals surface area (Å²) in [6.07, 6.45) is -0.373. The molecule has 1 saturated heterocycles. The Morgan fingerprint density at radius 3 is 3.00 bits per heavy atom. The summed E-state index contributed by atoms with van der Waals surface area (Å²) in [5, 5.41) is 3.95. The molecule has 2 rings (SSSR count). The van der Waals surface area contributed by atoms with E-state index in [1.807, 2.05) is 6.92 Å². The van der Waals surface area contributed by atoms with Crippen molar-refractivity contribution in [1.29, 1.82) is 0 Å². The minimum atomic E-state index is -2.70. The van der Waals surface area contributed by atoms with Crippen molar-refractivity contribution in [2.24, 2.45) is 0 Å². The highest BCUT2D eigenvalue weighted by Gasteiger charge is 2.37. The molecular weight excluding hydrogens is 246 g/mol. The molecule has 1 fully saturated rings. The van der Waals surface area contributed by atoms with Crippen LogP contribution in [-0.4, -0.2) is 28.4 Å². The van der Waals surface area contributed by atoms with Gasteiger partial charge in [0, 0.05) is 19.4 Å². The Kier molecular flexibility index (Phi) is 3.79. The van der Waals surface area contributed by atoms with Gasteiger partial charge in [-0.15, -0.1) is 5.10 Å². The zero-order valence-corrected chi connectivity index (χ0v) is 10.2. The number of aromatic nitrogens is 2. The molecule has 1 aromatic heterocycles. The van der Waals surface area contributed by atoms with Crippen molar-refractivity contribution in [3.8, 4) is 0 Å². The number of alkyl halides is 2. The van der Waals surface area contributed by atoms with Crippen LogP contribution >= 0.6 is 0 Å². The molecule has 1 aromatic rings. The third-order valence-corrected chi connectivity index (χ3v) is 2.83. The van der Waals surface area contributed by atoms with E-state index < -0.39 is 17.8 Å². The lowest BCUT2D eigenvalue weighted by Gasteiger charge is -2.28. The highest BCUT2D eigenvalue weighted by molar-refractivity contribution is 4.85. The van der Waals surface area contributed by atoms with Gasteiger partial charge in [0.1, 0.15) is 0 Å². The Morgan fingerprint density at radius 1 is 1.56 bits per heavy atom. The number of hydrogen-bond donors (Lipinski definition) is 0. The molecule has 5 nitrogen and oxygen atoms in total. The molecule has 0 radical (unpaired) electrons. The van der Waals surface area contributed by atoms with Crippen molar-refractivity contribution < 1.29 is 17.9 Å². The molecule has 0 spiro atoms. The van der Waals surface area contributed by atoms with Gasteiger partial charge in [-0.1, -0.05) is 6.92 Å². The molecule has 0 amide bonds. The van der Waals surface area contributed by atoms with Crippen LogP contribution in [0.15, 0.2) is 9.21 Å². The Balaban J connectivity index is 2.01. The molecule has 0 aromatic carbocycles. The van der Waals surface area contributed by atoms with Gasteiger partial charge < -0.3 is 9.15 Å². The van der Waals surface area contributed by atoms with E-state index in [0.717, 1.165) is 6.42 Å². The molecule has 7 heteroatoms. The third kappa shape index (κ3) is 3.16. The maximum atomic E-state index is 13.2. The SMILES string of the molecule is CCCn1nc(CC2CC(F)(F)CCO2)oc1=O. The van der Waals surface area contributed by atoms with Gasteiger partial charge in [0.2, 0.25) is 5.89 Å². The molecule has 1 unspecified atom stereocenters. The van der Waals surface area contributed by atoms with Crippen molar-refractivity contribution in [3.05, 3.63) is 16.4 Å². The minimum Gasteiger partial charge on any atom is -0.392 e. The molecule has 0 N–H and O–H groups in total. The number of hydrogen-bond acceptors (Lipinski definition) is 4. The zero-order valence-electron chi connectivity index (χ0n) is 10.2. The summed E-state index contributed by atoms with van der Waals surface area (Å²) in [4.78, 5) is 11.3. The summed E-state index contributed by atoms with van der Waals surface area (Å²) in [6, 6.07) is 0. The fourth-order valence-electron chi connectivity index (χ4n) is 1.98. The first kappa shape index (κ1) is 13.2. The standard InChI is InChI=1S/C11H16F2N2O3/c1-2-4-15-10(16)18-9(14-15)6-8-7-11(12,13)3-5-17-8/h8H,2-7H2,1H3. The van der Waals surface area contributed by atoms with Gasteiger partial charge in [-0.05, 0) is 6.42 Å². The van der Waals surface area contributed by atoms with E-state index in [9.17, 15) is 13.6 Å². The second kappa shape index (κ2) is 5.17. The summed E-state index contributed by atoms with van der Waals surface area (Å²) >= 11 is 0. The number of ether oxygens (including phenoxy) is 1. The van der Waals surface area contributed by atoms with E-state index in [-0.39, 0.29) is 31.8 Å². The van der Waals surface area contributed by atoms with E-state index in [1.54, 1.807) is 0 Å². The fourth-order valence-corrected chi connectivity index (χ4v) is 1.98. The first-order valence-corrected chi connectivity index (χ1v) is 6.06. The van der Waals surface area contributed by atoms with Crippen LogP contribution in [0.5, 0.6) is 0 Å². The molecule has 0 aliphatic carbocycles. The van der Waals surface area contributed by atoms with Gasteiger partial charge in [0.25, 0.3) is 5.92 Å². The zero-order chi connectivity index (χ0) is 13.2. The van der Waals surface area contributed by atoms with Crippen LogP contribution in [0.3, 0.4) is 0 Å². The van der Waals surface area contributed by atoms with Crippen LogP contribution in [0.25, 0.3) is 0 Å². The molecule has 0 saturated carbocycles. The summed E-state index contributed by atoms with van der Waals surface area (Å²) < 4.78 is 37.7. The van der Waals surface area contributed by atoms with Crippen molar-refractivity contribution in [2.75, 3.05) is 6.61 Å². The monoisotopic (exact) mass is 262 g/mol. The summed E-state index contributed by atoms with van der Waals surface area (Å²) in [5.74, 6) is -3.08. The molecule has 1 atom stereocenters. The number of nitrogens with zero attached hydrogens (tertiary/aromatic N) is 2. The van der Waals surface area contributed by atoms with Crippen LogP contribution < -0.4 is 5.76 Å². The summed E-state index contributed by atoms with van der Waals surface area (Å²) in [6.45, 7) is 2.40. The van der Waals surface area contributed by atoms with Gasteiger partial charge in [-0.2, -0.15) is 4.68 Å². The quantitative estimate of drug-likeness (QED) is 0.827. The van der Waals surface area contributed by atoms with Gasteiger partial charge in [-0.25, -0.2) is 13.6 Å². The third-order valence-electron chi connectivity index (χ3n) is 2.83. The molecule has 0 bridgehead atoms. The van der Waals surface area contributed by atoms with E-state index in [1.165, 1.54) is 4.68 Å². The molecule has 2 heterocycles. The largest absolute Gasteiger partial charge is 0.437 e. The lowest BCUT2D eigenvalue weighted by Crippen LogP contribution is -2.35. The second-order valence-electron chi connectivity index (χ2n) is 4.49. The average Bonchev–Trinajstić information content (AvgIpc) is 2.58. The van der Waals surface area contributed by atoms with Crippen molar-refractivity contribution in [1.82, 2.24) is 9.78 Å². The summed E-state index contributed by atoms with van der Waals surface area (Å²) in [5.41, 5.74) is 0. The van der Waals surface area contributed by atoms with Gasteiger partial charge in [0.15, 0.2) is 0 Å². The highest BCUT2D eigenvalue weighted by atomic mass is 19.3. The predicted molar refractivity (Wildman–Crippen MR) is 58.7 cm³/mol. The lowest BCUT2D eigenvalue weighted by atomic mass is 10.0. The Morgan fingerprint density at radius 2 is 2.33 bits per heavy atom. The normalized spacial score (nSPS) is 23.2. The first-order valence-electron chi connectivity index (χ1n) is 6.06. The van der Waals surface area contributed by atoms with Crippen LogP contribution in [-0.2, 0) is 17.7 Å². The van der Waals surface area contributed by atoms with Crippen LogP contribution in [0.1, 0.15) is 32.1 Å². The number of aryl methyl sites for hydroxylation is 1. The van der Waals surface area contributed by atoms with E-state index in [2.05, 4.69) is 5.10 Å². The van der Waals surface area contributed by atoms with Gasteiger partial charge in [0.05, 0.1) is 19.1 Å². The smallest absolute Gasteiger partial charge is 0.392 e. The first-order chi connectivity index (χ1) is 8.50. The van der Waals surface area contributed by atoms with E-state index >= 15 is 0 Å². The molecule has 1 aliphatic heterocycles. The van der Waals surface area contributed by atoms with E-state index in [0.29, 0.717) is 6.54 Å². The van der Waals surface area contributed by atoms with Crippen LogP contribution in [0.4, 0.5) is 8.78 Å². The molecule has 1 aliphatic rings. The van der Waals surface area contributed by atoms with Gasteiger partial charge >= 0.3 is 5.76 Å². The van der Waals surface area contributed by atoms with Crippen molar-refractivity contribution >= 4 is 0 Å². The average molecular weight is 262 g/mol. The fraction of sp³-hybridized carbons (Fsp3) is 0.818. The minimum absolute atomic E-state index is 0.0254. The van der Waals surface area contributed by atoms with E-state index in [4.69, 9.17) is 9.15 Å². The topological polar surface area (TPSA) is 57.3 Å². The maximum Gasteiger partial charge on any atom is 0.437 e. The molecular formula is C11H16F2N2O3. The predicted octanol–water partition coefficient (Wildman–Crippen LogP) is 1.60. The highest BCUT2D eigenvalue weighted by Crippen LogP contribution is 2.31. The van der Waals surface area contributed by atoms with Crippen molar-refractivity contribution in [3.63, 3.8) is 0 Å². The number of halogens is 2. The lowest BCUT2D eigenvalue weighted by molar-refractivity contribution is -0.127. The Bertz CT molecular complexity index is 455. The van der Waals surface area contributed by atoms with Crippen molar-refractivity contribution in [2.45, 2.75) is 51.2 Å². The molecule has 102 valence electrons. The summed E-state index contributed by atoms with van der Waals surface area (Å²) in [7, 11) is 0. The van der Waals surface area contributed by atoms with Gasteiger partial charge in [-0.3, -0.25) is 0 Å². The maximum absolute atomic E-state index is 13.2. The Labute approximate surface area is 103 Å². The Hall–Kier alpha value is -1.24.